The van der Waals surface area contributed by atoms with Gasteiger partial charge in [0.05, 0.1) is 6.54 Å². The number of nitrogens with zero attached hydrogens (tertiary/aromatic N) is 2. The van der Waals surface area contributed by atoms with E-state index in [0.29, 0.717) is 32.7 Å². The summed E-state index contributed by atoms with van der Waals surface area (Å²) >= 11 is 0. The van der Waals surface area contributed by atoms with Gasteiger partial charge in [0.1, 0.15) is 6.04 Å². The second-order valence-electron chi connectivity index (χ2n) is 7.05. The summed E-state index contributed by atoms with van der Waals surface area (Å²) in [5.41, 5.74) is 8.95. The molecule has 1 unspecified atom stereocenters. The molecule has 2 amide bonds. The highest BCUT2D eigenvalue weighted by molar-refractivity contribution is 5.93. The molecule has 3 rings (SSSR count). The Morgan fingerprint density at radius 1 is 0.967 bits per heavy atom. The molecule has 1 saturated heterocycles. The SMILES string of the molecule is CCc1ccccc1NC(=O)CN1CCN(C(=O)C(N)c2ccccc2)CC1.Cl.Cl. The summed E-state index contributed by atoms with van der Waals surface area (Å²) in [6.07, 6.45) is 0.874. The molecule has 0 aromatic heterocycles. The van der Waals surface area contributed by atoms with Crippen LogP contribution in [0.1, 0.15) is 24.1 Å². The fraction of sp³-hybridized carbons (Fsp3) is 0.364. The largest absolute Gasteiger partial charge is 0.338 e. The minimum absolute atomic E-state index is 0. The normalized spacial score (nSPS) is 14.8. The van der Waals surface area contributed by atoms with E-state index in [0.717, 1.165) is 23.2 Å². The predicted molar refractivity (Wildman–Crippen MR) is 125 cm³/mol. The number of carbonyl (C=O) groups is 2. The zero-order chi connectivity index (χ0) is 19.9. The number of hydrogen-bond donors (Lipinski definition) is 2. The molecule has 2 aromatic carbocycles. The third kappa shape index (κ3) is 6.71. The molecule has 0 aliphatic carbocycles. The first-order valence-electron chi connectivity index (χ1n) is 9.78. The maximum atomic E-state index is 12.6. The minimum atomic E-state index is -0.637. The summed E-state index contributed by atoms with van der Waals surface area (Å²) < 4.78 is 0. The van der Waals surface area contributed by atoms with Crippen molar-refractivity contribution in [3.63, 3.8) is 0 Å². The van der Waals surface area contributed by atoms with E-state index >= 15 is 0 Å². The predicted octanol–water partition coefficient (Wildman–Crippen LogP) is 2.88. The number of amides is 2. The van der Waals surface area contributed by atoms with E-state index in [2.05, 4.69) is 17.1 Å². The van der Waals surface area contributed by atoms with Gasteiger partial charge in [-0.25, -0.2) is 0 Å². The number of aryl methyl sites for hydroxylation is 1. The molecule has 2 aromatic rings. The standard InChI is InChI=1S/C22H28N4O2.2ClH/c1-2-17-8-6-7-11-19(17)24-20(27)16-25-12-14-26(15-13-25)22(28)21(23)18-9-4-3-5-10-18;;/h3-11,21H,2,12-16,23H2,1H3,(H,24,27);2*1H. The van der Waals surface area contributed by atoms with E-state index < -0.39 is 6.04 Å². The van der Waals surface area contributed by atoms with Gasteiger partial charge in [0, 0.05) is 31.9 Å². The van der Waals surface area contributed by atoms with Crippen LogP contribution >= 0.6 is 24.8 Å². The number of para-hydroxylation sites is 1. The Bertz CT molecular complexity index is 812. The second-order valence-corrected chi connectivity index (χ2v) is 7.05. The number of rotatable bonds is 6. The first-order chi connectivity index (χ1) is 13.6. The number of nitrogens with one attached hydrogen (secondary N) is 1. The molecule has 0 radical (unpaired) electrons. The summed E-state index contributed by atoms with van der Waals surface area (Å²) in [4.78, 5) is 28.9. The van der Waals surface area contributed by atoms with Crippen LogP contribution in [0.2, 0.25) is 0 Å². The molecule has 6 nitrogen and oxygen atoms in total. The lowest BCUT2D eigenvalue weighted by Gasteiger charge is -2.35. The van der Waals surface area contributed by atoms with Gasteiger partial charge in [-0.15, -0.1) is 24.8 Å². The number of halogens is 2. The molecule has 164 valence electrons. The van der Waals surface area contributed by atoms with Gasteiger partial charge in [-0.05, 0) is 23.6 Å². The highest BCUT2D eigenvalue weighted by Crippen LogP contribution is 2.16. The first kappa shape index (κ1) is 25.9. The lowest BCUT2D eigenvalue weighted by atomic mass is 10.1. The molecule has 0 bridgehead atoms. The van der Waals surface area contributed by atoms with Crippen LogP contribution in [0.5, 0.6) is 0 Å². The molecule has 0 saturated carbocycles. The van der Waals surface area contributed by atoms with E-state index in [1.165, 1.54) is 0 Å². The van der Waals surface area contributed by atoms with Gasteiger partial charge in [0.15, 0.2) is 0 Å². The topological polar surface area (TPSA) is 78.7 Å². The lowest BCUT2D eigenvalue weighted by molar-refractivity contribution is -0.134. The van der Waals surface area contributed by atoms with Crippen LogP contribution < -0.4 is 11.1 Å². The first-order valence-corrected chi connectivity index (χ1v) is 9.78. The Morgan fingerprint density at radius 3 is 2.20 bits per heavy atom. The number of carbonyl (C=O) groups excluding carboxylic acids is 2. The second kappa shape index (κ2) is 12.5. The number of anilines is 1. The summed E-state index contributed by atoms with van der Waals surface area (Å²) in [6, 6.07) is 16.6. The molecular formula is C22H30Cl2N4O2. The summed E-state index contributed by atoms with van der Waals surface area (Å²) in [6.45, 7) is 4.88. The molecule has 1 aliphatic heterocycles. The van der Waals surface area contributed by atoms with Crippen LogP contribution in [0, 0.1) is 0 Å². The van der Waals surface area contributed by atoms with E-state index in [-0.39, 0.29) is 36.6 Å². The quantitative estimate of drug-likeness (QED) is 0.705. The lowest BCUT2D eigenvalue weighted by Crippen LogP contribution is -2.52. The molecule has 1 heterocycles. The Labute approximate surface area is 190 Å². The Balaban J connectivity index is 0.00000225. The highest BCUT2D eigenvalue weighted by atomic mass is 35.5. The van der Waals surface area contributed by atoms with E-state index in [4.69, 9.17) is 5.73 Å². The average Bonchev–Trinajstić information content (AvgIpc) is 2.74. The van der Waals surface area contributed by atoms with Crippen molar-refractivity contribution in [2.45, 2.75) is 19.4 Å². The maximum Gasteiger partial charge on any atom is 0.244 e. The fourth-order valence-corrected chi connectivity index (χ4v) is 3.47. The number of nitrogens with two attached hydrogens (primary N) is 1. The molecule has 1 aliphatic rings. The number of hydrogen-bond acceptors (Lipinski definition) is 4. The van der Waals surface area contributed by atoms with E-state index in [1.54, 1.807) is 4.90 Å². The van der Waals surface area contributed by atoms with E-state index in [1.807, 2.05) is 54.6 Å². The van der Waals surface area contributed by atoms with Gasteiger partial charge in [-0.3, -0.25) is 14.5 Å². The van der Waals surface area contributed by atoms with Gasteiger partial charge in [0.2, 0.25) is 11.8 Å². The molecule has 30 heavy (non-hydrogen) atoms. The fourth-order valence-electron chi connectivity index (χ4n) is 3.47. The Morgan fingerprint density at radius 2 is 1.57 bits per heavy atom. The monoisotopic (exact) mass is 452 g/mol. The van der Waals surface area contributed by atoms with Crippen LogP contribution in [0.3, 0.4) is 0 Å². The van der Waals surface area contributed by atoms with Gasteiger partial charge in [-0.2, -0.15) is 0 Å². The maximum absolute atomic E-state index is 12.6. The Hall–Kier alpha value is -2.12. The third-order valence-electron chi connectivity index (χ3n) is 5.15. The molecule has 8 heteroatoms. The van der Waals surface area contributed by atoms with Crippen molar-refractivity contribution in [2.24, 2.45) is 5.73 Å². The molecule has 1 fully saturated rings. The van der Waals surface area contributed by atoms with Crippen LogP contribution in [-0.4, -0.2) is 54.3 Å². The summed E-state index contributed by atoms with van der Waals surface area (Å²) in [5, 5.41) is 3.00. The van der Waals surface area contributed by atoms with Crippen molar-refractivity contribution in [3.05, 3.63) is 65.7 Å². The van der Waals surface area contributed by atoms with Crippen LogP contribution in [0.15, 0.2) is 54.6 Å². The van der Waals surface area contributed by atoms with Gasteiger partial charge < -0.3 is 16.0 Å². The van der Waals surface area contributed by atoms with Crippen molar-refractivity contribution >= 4 is 42.3 Å². The van der Waals surface area contributed by atoms with Crippen LogP contribution in [-0.2, 0) is 16.0 Å². The zero-order valence-electron chi connectivity index (χ0n) is 17.1. The smallest absolute Gasteiger partial charge is 0.244 e. The van der Waals surface area contributed by atoms with Crippen molar-refractivity contribution in [2.75, 3.05) is 38.0 Å². The molecule has 0 spiro atoms. The summed E-state index contributed by atoms with van der Waals surface area (Å²) in [5.74, 6) is -0.0890. The van der Waals surface area contributed by atoms with Gasteiger partial charge in [-0.1, -0.05) is 55.5 Å². The minimum Gasteiger partial charge on any atom is -0.338 e. The zero-order valence-corrected chi connectivity index (χ0v) is 18.8. The summed E-state index contributed by atoms with van der Waals surface area (Å²) in [7, 11) is 0. The van der Waals surface area contributed by atoms with Gasteiger partial charge >= 0.3 is 0 Å². The van der Waals surface area contributed by atoms with Crippen LogP contribution in [0.25, 0.3) is 0 Å². The highest BCUT2D eigenvalue weighted by Gasteiger charge is 2.26. The van der Waals surface area contributed by atoms with E-state index in [9.17, 15) is 9.59 Å². The van der Waals surface area contributed by atoms with Crippen molar-refractivity contribution in [1.82, 2.24) is 9.80 Å². The number of piperazine rings is 1. The van der Waals surface area contributed by atoms with Crippen LogP contribution in [0.4, 0.5) is 5.69 Å². The third-order valence-corrected chi connectivity index (χ3v) is 5.15. The molecule has 3 N–H and O–H groups in total. The van der Waals surface area contributed by atoms with Gasteiger partial charge in [0.25, 0.3) is 0 Å². The molecular weight excluding hydrogens is 423 g/mol. The van der Waals surface area contributed by atoms with Crippen molar-refractivity contribution < 1.29 is 9.59 Å². The Kier molecular flexibility index (Phi) is 10.8. The van der Waals surface area contributed by atoms with Crippen molar-refractivity contribution in [1.29, 1.82) is 0 Å². The van der Waals surface area contributed by atoms with Crippen molar-refractivity contribution in [3.8, 4) is 0 Å². The number of benzene rings is 2. The molecule has 1 atom stereocenters. The average molecular weight is 453 g/mol.